The lowest BCUT2D eigenvalue weighted by atomic mass is 10.2. The van der Waals surface area contributed by atoms with Gasteiger partial charge in [-0.2, -0.15) is 0 Å². The third kappa shape index (κ3) is 1.78. The molecule has 3 nitrogen and oxygen atoms in total. The minimum Gasteiger partial charge on any atom is -0.368 e. The topological polar surface area (TPSA) is 48.0 Å². The first-order valence-corrected chi connectivity index (χ1v) is 5.56. The molecular formula is C12H13ClN2O. The Morgan fingerprint density at radius 2 is 2.25 bits per heavy atom. The van der Waals surface area contributed by atoms with Crippen LogP contribution in [0.4, 0.5) is 0 Å². The number of carbonyl (C=O) groups is 1. The van der Waals surface area contributed by atoms with Gasteiger partial charge in [-0.15, -0.1) is 0 Å². The lowest BCUT2D eigenvalue weighted by Gasteiger charge is -2.14. The molecule has 1 atom stereocenters. The normalized spacial score (nSPS) is 12.9. The van der Waals surface area contributed by atoms with Crippen molar-refractivity contribution in [1.82, 2.24) is 4.57 Å². The van der Waals surface area contributed by atoms with E-state index in [0.717, 1.165) is 10.9 Å². The molecule has 84 valence electrons. The molecule has 0 bridgehead atoms. The van der Waals surface area contributed by atoms with E-state index in [1.54, 1.807) is 0 Å². The van der Waals surface area contributed by atoms with Gasteiger partial charge < -0.3 is 10.3 Å². The zero-order valence-corrected chi connectivity index (χ0v) is 9.74. The standard InChI is InChI=1S/C12H13ClN2O/c1-2-10(12(14)16)15-6-5-8-7-9(13)3-4-11(8)15/h3-7,10H,2H2,1H3,(H2,14,16). The number of amides is 1. The highest BCUT2D eigenvalue weighted by atomic mass is 35.5. The van der Waals surface area contributed by atoms with Crippen LogP contribution in [0.5, 0.6) is 0 Å². The molecule has 0 aliphatic carbocycles. The predicted octanol–water partition coefficient (Wildman–Crippen LogP) is 2.73. The smallest absolute Gasteiger partial charge is 0.240 e. The zero-order chi connectivity index (χ0) is 11.7. The first-order chi connectivity index (χ1) is 7.63. The van der Waals surface area contributed by atoms with Crippen LogP contribution in [0, 0.1) is 0 Å². The Labute approximate surface area is 98.8 Å². The van der Waals surface area contributed by atoms with Gasteiger partial charge in [-0.1, -0.05) is 18.5 Å². The van der Waals surface area contributed by atoms with Crippen LogP contribution in [-0.2, 0) is 4.79 Å². The molecule has 0 aliphatic rings. The van der Waals surface area contributed by atoms with E-state index in [9.17, 15) is 4.79 Å². The Morgan fingerprint density at radius 1 is 1.50 bits per heavy atom. The van der Waals surface area contributed by atoms with Crippen molar-refractivity contribution in [3.8, 4) is 0 Å². The molecule has 16 heavy (non-hydrogen) atoms. The summed E-state index contributed by atoms with van der Waals surface area (Å²) in [4.78, 5) is 11.3. The number of nitrogens with two attached hydrogens (primary N) is 1. The fourth-order valence-electron chi connectivity index (χ4n) is 1.94. The first-order valence-electron chi connectivity index (χ1n) is 5.19. The van der Waals surface area contributed by atoms with Gasteiger partial charge in [0, 0.05) is 22.1 Å². The quantitative estimate of drug-likeness (QED) is 0.875. The number of carbonyl (C=O) groups excluding carboxylic acids is 1. The number of halogens is 1. The third-order valence-corrected chi connectivity index (χ3v) is 2.97. The minimum absolute atomic E-state index is 0.293. The van der Waals surface area contributed by atoms with Gasteiger partial charge in [0.2, 0.25) is 5.91 Å². The number of benzene rings is 1. The molecular weight excluding hydrogens is 224 g/mol. The zero-order valence-electron chi connectivity index (χ0n) is 8.98. The summed E-state index contributed by atoms with van der Waals surface area (Å²) in [6, 6.07) is 7.24. The maximum atomic E-state index is 11.3. The van der Waals surface area contributed by atoms with E-state index in [1.165, 1.54) is 0 Å². The SMILES string of the molecule is CCC(C(N)=O)n1ccc2cc(Cl)ccc21. The Bertz CT molecular complexity index is 533. The lowest BCUT2D eigenvalue weighted by molar-refractivity contribution is -0.121. The molecule has 0 saturated carbocycles. The molecule has 0 radical (unpaired) electrons. The maximum absolute atomic E-state index is 11.3. The maximum Gasteiger partial charge on any atom is 0.240 e. The number of nitrogens with zero attached hydrogens (tertiary/aromatic N) is 1. The van der Waals surface area contributed by atoms with Gasteiger partial charge in [-0.3, -0.25) is 4.79 Å². The molecule has 1 heterocycles. The van der Waals surface area contributed by atoms with Crippen molar-refractivity contribution in [2.75, 3.05) is 0 Å². The number of rotatable bonds is 3. The predicted molar refractivity (Wildman–Crippen MR) is 65.5 cm³/mol. The number of hydrogen-bond donors (Lipinski definition) is 1. The third-order valence-electron chi connectivity index (χ3n) is 2.73. The molecule has 0 saturated heterocycles. The van der Waals surface area contributed by atoms with Crippen LogP contribution >= 0.6 is 11.6 Å². The van der Waals surface area contributed by atoms with E-state index in [4.69, 9.17) is 17.3 Å². The molecule has 2 aromatic rings. The molecule has 0 aliphatic heterocycles. The van der Waals surface area contributed by atoms with Gasteiger partial charge in [0.05, 0.1) is 0 Å². The molecule has 0 fully saturated rings. The molecule has 1 amide bonds. The van der Waals surface area contributed by atoms with Crippen molar-refractivity contribution < 1.29 is 4.79 Å². The number of fused-ring (bicyclic) bond motifs is 1. The Hall–Kier alpha value is -1.48. The van der Waals surface area contributed by atoms with Crippen molar-refractivity contribution >= 4 is 28.4 Å². The van der Waals surface area contributed by atoms with Gasteiger partial charge in [0.25, 0.3) is 0 Å². The number of hydrogen-bond acceptors (Lipinski definition) is 1. The molecule has 1 unspecified atom stereocenters. The molecule has 1 aromatic heterocycles. The van der Waals surface area contributed by atoms with Crippen molar-refractivity contribution in [2.45, 2.75) is 19.4 Å². The summed E-state index contributed by atoms with van der Waals surface area (Å²) in [5.74, 6) is -0.310. The van der Waals surface area contributed by atoms with Crippen LogP contribution in [0.1, 0.15) is 19.4 Å². The monoisotopic (exact) mass is 236 g/mol. The molecule has 2 rings (SSSR count). The second-order valence-corrected chi connectivity index (χ2v) is 4.19. The lowest BCUT2D eigenvalue weighted by Crippen LogP contribution is -2.25. The van der Waals surface area contributed by atoms with Gasteiger partial charge in [-0.05, 0) is 30.7 Å². The van der Waals surface area contributed by atoms with Crippen molar-refractivity contribution in [3.05, 3.63) is 35.5 Å². The van der Waals surface area contributed by atoms with Gasteiger partial charge in [-0.25, -0.2) is 0 Å². The van der Waals surface area contributed by atoms with Crippen LogP contribution in [0.15, 0.2) is 30.5 Å². The summed E-state index contributed by atoms with van der Waals surface area (Å²) >= 11 is 5.90. The van der Waals surface area contributed by atoms with E-state index < -0.39 is 0 Å². The Kier molecular flexibility index (Phi) is 2.88. The summed E-state index contributed by atoms with van der Waals surface area (Å²) in [5, 5.41) is 1.71. The fraction of sp³-hybridized carbons (Fsp3) is 0.250. The van der Waals surface area contributed by atoms with E-state index >= 15 is 0 Å². The number of aromatic nitrogens is 1. The van der Waals surface area contributed by atoms with Crippen molar-refractivity contribution in [3.63, 3.8) is 0 Å². The summed E-state index contributed by atoms with van der Waals surface area (Å²) < 4.78 is 1.90. The highest BCUT2D eigenvalue weighted by Gasteiger charge is 2.16. The summed E-state index contributed by atoms with van der Waals surface area (Å²) in [5.41, 5.74) is 6.36. The van der Waals surface area contributed by atoms with E-state index in [-0.39, 0.29) is 11.9 Å². The summed E-state index contributed by atoms with van der Waals surface area (Å²) in [6.45, 7) is 1.94. The van der Waals surface area contributed by atoms with Crippen LogP contribution < -0.4 is 5.73 Å². The first kappa shape index (κ1) is 11.0. The van der Waals surface area contributed by atoms with Crippen molar-refractivity contribution in [1.29, 1.82) is 0 Å². The van der Waals surface area contributed by atoms with E-state index in [0.29, 0.717) is 11.4 Å². The highest BCUT2D eigenvalue weighted by molar-refractivity contribution is 6.31. The van der Waals surface area contributed by atoms with Crippen LogP contribution in [0.25, 0.3) is 10.9 Å². The van der Waals surface area contributed by atoms with Crippen LogP contribution in [0.2, 0.25) is 5.02 Å². The largest absolute Gasteiger partial charge is 0.368 e. The molecule has 4 heteroatoms. The fourth-order valence-corrected chi connectivity index (χ4v) is 2.12. The average molecular weight is 237 g/mol. The minimum atomic E-state index is -0.310. The number of primary amides is 1. The van der Waals surface area contributed by atoms with Crippen LogP contribution in [0.3, 0.4) is 0 Å². The van der Waals surface area contributed by atoms with Gasteiger partial charge in [0.15, 0.2) is 0 Å². The van der Waals surface area contributed by atoms with E-state index in [1.807, 2.05) is 42.0 Å². The molecule has 0 spiro atoms. The van der Waals surface area contributed by atoms with Gasteiger partial charge in [0.1, 0.15) is 6.04 Å². The Balaban J connectivity index is 2.57. The second kappa shape index (κ2) is 4.18. The van der Waals surface area contributed by atoms with Crippen LogP contribution in [-0.4, -0.2) is 10.5 Å². The van der Waals surface area contributed by atoms with Gasteiger partial charge >= 0.3 is 0 Å². The summed E-state index contributed by atoms with van der Waals surface area (Å²) in [7, 11) is 0. The van der Waals surface area contributed by atoms with E-state index in [2.05, 4.69) is 0 Å². The second-order valence-electron chi connectivity index (χ2n) is 3.75. The molecule has 1 aromatic carbocycles. The van der Waals surface area contributed by atoms with Crippen molar-refractivity contribution in [2.24, 2.45) is 5.73 Å². The Morgan fingerprint density at radius 3 is 2.88 bits per heavy atom. The summed E-state index contributed by atoms with van der Waals surface area (Å²) in [6.07, 6.45) is 2.56. The highest BCUT2D eigenvalue weighted by Crippen LogP contribution is 2.24. The average Bonchev–Trinajstić information content (AvgIpc) is 2.62. The molecule has 2 N–H and O–H groups in total.